The van der Waals surface area contributed by atoms with Crippen molar-refractivity contribution >= 4 is 17.3 Å². The van der Waals surface area contributed by atoms with E-state index in [4.69, 9.17) is 9.84 Å². The molecule has 1 aromatic carbocycles. The monoisotopic (exact) mass is 252 g/mol. The van der Waals surface area contributed by atoms with Crippen LogP contribution in [0.1, 0.15) is 0 Å². The molecule has 1 saturated heterocycles. The van der Waals surface area contributed by atoms with Crippen LogP contribution in [0.25, 0.3) is 0 Å². The molecule has 1 fully saturated rings. The molecule has 96 valence electrons. The number of carboxylic acids is 1. The van der Waals surface area contributed by atoms with E-state index in [9.17, 15) is 14.9 Å². The number of ether oxygens (including phenoxy) is 1. The lowest BCUT2D eigenvalue weighted by molar-refractivity contribution is -0.384. The molecule has 0 aromatic heterocycles. The molecule has 0 bridgehead atoms. The molecule has 1 unspecified atom stereocenters. The van der Waals surface area contributed by atoms with Crippen molar-refractivity contribution in [3.8, 4) is 0 Å². The fourth-order valence-electron chi connectivity index (χ4n) is 1.90. The van der Waals surface area contributed by atoms with E-state index in [1.807, 2.05) is 0 Å². The summed E-state index contributed by atoms with van der Waals surface area (Å²) >= 11 is 0. The van der Waals surface area contributed by atoms with Gasteiger partial charge in [-0.25, -0.2) is 4.79 Å². The van der Waals surface area contributed by atoms with E-state index in [0.29, 0.717) is 12.2 Å². The van der Waals surface area contributed by atoms with E-state index in [1.165, 1.54) is 6.07 Å². The van der Waals surface area contributed by atoms with Gasteiger partial charge in [0.1, 0.15) is 5.69 Å². The molecule has 0 amide bonds. The zero-order valence-electron chi connectivity index (χ0n) is 9.48. The largest absolute Gasteiger partial charge is 0.479 e. The van der Waals surface area contributed by atoms with Crippen molar-refractivity contribution in [2.45, 2.75) is 6.10 Å². The zero-order valence-corrected chi connectivity index (χ0v) is 9.48. The third kappa shape index (κ3) is 2.40. The first-order chi connectivity index (χ1) is 8.59. The SMILES string of the molecule is O=C(O)C1CN(c2ccccc2[N+](=O)[O-])CCO1. The maximum absolute atomic E-state index is 10.9. The molecule has 1 N–H and O–H groups in total. The minimum Gasteiger partial charge on any atom is -0.479 e. The van der Waals surface area contributed by atoms with E-state index in [0.717, 1.165) is 0 Å². The highest BCUT2D eigenvalue weighted by Crippen LogP contribution is 2.28. The summed E-state index contributed by atoms with van der Waals surface area (Å²) in [6.07, 6.45) is -0.946. The van der Waals surface area contributed by atoms with Crippen molar-refractivity contribution in [2.24, 2.45) is 0 Å². The van der Waals surface area contributed by atoms with Crippen molar-refractivity contribution < 1.29 is 19.6 Å². The van der Waals surface area contributed by atoms with Crippen molar-refractivity contribution in [2.75, 3.05) is 24.6 Å². The number of aliphatic carboxylic acids is 1. The van der Waals surface area contributed by atoms with Gasteiger partial charge in [-0.2, -0.15) is 0 Å². The summed E-state index contributed by atoms with van der Waals surface area (Å²) in [4.78, 5) is 23.0. The van der Waals surface area contributed by atoms with E-state index in [1.54, 1.807) is 23.1 Å². The van der Waals surface area contributed by atoms with Gasteiger partial charge >= 0.3 is 5.97 Å². The van der Waals surface area contributed by atoms with Gasteiger partial charge in [0.05, 0.1) is 18.1 Å². The predicted molar refractivity (Wildman–Crippen MR) is 62.7 cm³/mol. The minimum absolute atomic E-state index is 0.0245. The van der Waals surface area contributed by atoms with Crippen molar-refractivity contribution in [1.82, 2.24) is 0 Å². The molecule has 1 atom stereocenters. The van der Waals surface area contributed by atoms with E-state index in [2.05, 4.69) is 0 Å². The highest BCUT2D eigenvalue weighted by molar-refractivity contribution is 5.74. The Balaban J connectivity index is 2.26. The molecule has 1 aliphatic heterocycles. The summed E-state index contributed by atoms with van der Waals surface area (Å²) < 4.78 is 5.08. The van der Waals surface area contributed by atoms with E-state index in [-0.39, 0.29) is 18.8 Å². The Kier molecular flexibility index (Phi) is 3.42. The first-order valence-corrected chi connectivity index (χ1v) is 5.42. The van der Waals surface area contributed by atoms with E-state index >= 15 is 0 Å². The molecule has 7 nitrogen and oxygen atoms in total. The van der Waals surface area contributed by atoms with Crippen LogP contribution in [0.5, 0.6) is 0 Å². The molecule has 0 radical (unpaired) electrons. The second-order valence-electron chi connectivity index (χ2n) is 3.89. The quantitative estimate of drug-likeness (QED) is 0.634. The molecule has 2 rings (SSSR count). The zero-order chi connectivity index (χ0) is 13.1. The van der Waals surface area contributed by atoms with Crippen LogP contribution in [-0.2, 0) is 9.53 Å². The van der Waals surface area contributed by atoms with Crippen LogP contribution >= 0.6 is 0 Å². The van der Waals surface area contributed by atoms with Gasteiger partial charge < -0.3 is 14.7 Å². The van der Waals surface area contributed by atoms with Gasteiger partial charge in [0.25, 0.3) is 5.69 Å². The van der Waals surface area contributed by atoms with Gasteiger partial charge in [-0.3, -0.25) is 10.1 Å². The van der Waals surface area contributed by atoms with Gasteiger partial charge in [-0.15, -0.1) is 0 Å². The molecule has 1 aromatic rings. The number of hydrogen-bond donors (Lipinski definition) is 1. The Hall–Kier alpha value is -2.15. The summed E-state index contributed by atoms with van der Waals surface area (Å²) in [7, 11) is 0. The summed E-state index contributed by atoms with van der Waals surface area (Å²) in [5.74, 6) is -1.06. The van der Waals surface area contributed by atoms with Gasteiger partial charge in [-0.05, 0) is 6.07 Å². The smallest absolute Gasteiger partial charge is 0.334 e. The van der Waals surface area contributed by atoms with Crippen LogP contribution < -0.4 is 4.90 Å². The Labute approximate surface area is 103 Å². The number of nitro benzene ring substituents is 1. The highest BCUT2D eigenvalue weighted by atomic mass is 16.6. The van der Waals surface area contributed by atoms with Gasteiger partial charge in [-0.1, -0.05) is 12.1 Å². The summed E-state index contributed by atoms with van der Waals surface area (Å²) in [6, 6.07) is 6.28. The van der Waals surface area contributed by atoms with Crippen molar-refractivity contribution in [3.05, 3.63) is 34.4 Å². The lowest BCUT2D eigenvalue weighted by Gasteiger charge is -2.32. The summed E-state index contributed by atoms with van der Waals surface area (Å²) in [5, 5.41) is 19.8. The predicted octanol–water partition coefficient (Wildman–Crippen LogP) is 0.885. The van der Waals surface area contributed by atoms with Crippen LogP contribution in [0.4, 0.5) is 11.4 Å². The number of rotatable bonds is 3. The van der Waals surface area contributed by atoms with Crippen LogP contribution in [0.15, 0.2) is 24.3 Å². The molecule has 0 spiro atoms. The Morgan fingerprint density at radius 2 is 2.22 bits per heavy atom. The number of carbonyl (C=O) groups is 1. The fourth-order valence-corrected chi connectivity index (χ4v) is 1.90. The van der Waals surface area contributed by atoms with Gasteiger partial charge in [0.15, 0.2) is 6.10 Å². The average molecular weight is 252 g/mol. The summed E-state index contributed by atoms with van der Waals surface area (Å²) in [6.45, 7) is 0.790. The average Bonchev–Trinajstić information content (AvgIpc) is 2.39. The normalized spacial score (nSPS) is 19.6. The maximum atomic E-state index is 10.9. The molecule has 7 heteroatoms. The maximum Gasteiger partial charge on any atom is 0.334 e. The first kappa shape index (κ1) is 12.3. The third-order valence-corrected chi connectivity index (χ3v) is 2.76. The number of anilines is 1. The topological polar surface area (TPSA) is 92.9 Å². The highest BCUT2D eigenvalue weighted by Gasteiger charge is 2.29. The number of nitro groups is 1. The molecule has 0 saturated carbocycles. The number of hydrogen-bond acceptors (Lipinski definition) is 5. The molecule has 1 aliphatic rings. The second-order valence-corrected chi connectivity index (χ2v) is 3.89. The second kappa shape index (κ2) is 5.01. The summed E-state index contributed by atoms with van der Waals surface area (Å²) in [5.41, 5.74) is 0.403. The fraction of sp³-hybridized carbons (Fsp3) is 0.364. The Morgan fingerprint density at radius 1 is 1.50 bits per heavy atom. The number of carboxylic acid groups (broad SMARTS) is 1. The number of benzene rings is 1. The lowest BCUT2D eigenvalue weighted by atomic mass is 10.2. The van der Waals surface area contributed by atoms with Crippen molar-refractivity contribution in [3.63, 3.8) is 0 Å². The molecular weight excluding hydrogens is 240 g/mol. The number of nitrogens with zero attached hydrogens (tertiary/aromatic N) is 2. The number of morpholine rings is 1. The Bertz CT molecular complexity index is 476. The number of para-hydroxylation sites is 2. The minimum atomic E-state index is -1.06. The van der Waals surface area contributed by atoms with E-state index < -0.39 is 17.0 Å². The molecular formula is C11H12N2O5. The molecule has 18 heavy (non-hydrogen) atoms. The Morgan fingerprint density at radius 3 is 2.89 bits per heavy atom. The van der Waals surface area contributed by atoms with Crippen LogP contribution in [0.2, 0.25) is 0 Å². The van der Waals surface area contributed by atoms with Crippen LogP contribution in [0, 0.1) is 10.1 Å². The molecule has 0 aliphatic carbocycles. The van der Waals surface area contributed by atoms with Gasteiger partial charge in [0.2, 0.25) is 0 Å². The standard InChI is InChI=1S/C11H12N2O5/c14-11(15)10-7-12(5-6-18-10)8-3-1-2-4-9(8)13(16)17/h1-4,10H,5-7H2,(H,14,15). The lowest BCUT2D eigenvalue weighted by Crippen LogP contribution is -2.46. The first-order valence-electron chi connectivity index (χ1n) is 5.42. The third-order valence-electron chi connectivity index (χ3n) is 2.76. The molecule has 1 heterocycles. The van der Waals surface area contributed by atoms with Crippen molar-refractivity contribution in [1.29, 1.82) is 0 Å². The van der Waals surface area contributed by atoms with Crippen LogP contribution in [0.3, 0.4) is 0 Å². The van der Waals surface area contributed by atoms with Crippen LogP contribution in [-0.4, -0.2) is 41.8 Å². The van der Waals surface area contributed by atoms with Gasteiger partial charge in [0, 0.05) is 12.6 Å².